The molecule has 53 valence electrons. The first-order valence-electron chi connectivity index (χ1n) is 3.34. The summed E-state index contributed by atoms with van der Waals surface area (Å²) in [5, 5.41) is 0. The van der Waals surface area contributed by atoms with Crippen molar-refractivity contribution in [3.05, 3.63) is 6.79 Å². The van der Waals surface area contributed by atoms with Crippen LogP contribution in [0.2, 0.25) is 0 Å². The highest BCUT2D eigenvalue weighted by Crippen LogP contribution is 2.21. The molecule has 1 rings (SSSR count). The van der Waals surface area contributed by atoms with Crippen LogP contribution in [0, 0.1) is 12.7 Å². The van der Waals surface area contributed by atoms with Gasteiger partial charge in [-0.3, -0.25) is 0 Å². The zero-order valence-corrected chi connectivity index (χ0v) is 6.13. The Bertz CT molecular complexity index is 82.9. The maximum absolute atomic E-state index is 5.11. The number of hydrogen-bond acceptors (Lipinski definition) is 2. The molecule has 0 amide bonds. The van der Waals surface area contributed by atoms with Crippen LogP contribution in [0.4, 0.5) is 0 Å². The average Bonchev–Trinajstić information content (AvgIpc) is 1.83. The summed E-state index contributed by atoms with van der Waals surface area (Å²) in [4.78, 5) is 0. The number of hydrogen-bond donors (Lipinski definition) is 0. The van der Waals surface area contributed by atoms with Crippen molar-refractivity contribution >= 4 is 0 Å². The summed E-state index contributed by atoms with van der Waals surface area (Å²) in [6.45, 7) is 7.68. The number of rotatable bonds is 0. The molecule has 0 aromatic heterocycles. The maximum Gasteiger partial charge on any atom is 0.209 e. The summed E-state index contributed by atoms with van der Waals surface area (Å²) < 4.78 is 10.2. The molecular formula is C7H13O2. The highest BCUT2D eigenvalue weighted by Gasteiger charge is 2.24. The van der Waals surface area contributed by atoms with Gasteiger partial charge in [-0.25, -0.2) is 0 Å². The molecule has 1 radical (unpaired) electrons. The van der Waals surface area contributed by atoms with Crippen molar-refractivity contribution in [3.63, 3.8) is 0 Å². The van der Waals surface area contributed by atoms with Crippen LogP contribution in [0.5, 0.6) is 0 Å². The van der Waals surface area contributed by atoms with Gasteiger partial charge >= 0.3 is 0 Å². The topological polar surface area (TPSA) is 18.5 Å². The molecule has 0 spiro atoms. The zero-order valence-electron chi connectivity index (χ0n) is 6.13. The van der Waals surface area contributed by atoms with E-state index in [1.54, 1.807) is 0 Å². The molecule has 1 saturated heterocycles. The molecule has 2 atom stereocenters. The fourth-order valence-electron chi connectivity index (χ4n) is 0.837. The van der Waals surface area contributed by atoms with Crippen molar-refractivity contribution in [2.75, 3.05) is 0 Å². The predicted octanol–water partition coefficient (Wildman–Crippen LogP) is 1.57. The summed E-state index contributed by atoms with van der Waals surface area (Å²) in [6, 6.07) is 0. The first-order chi connectivity index (χ1) is 4.22. The van der Waals surface area contributed by atoms with Gasteiger partial charge in [0.15, 0.2) is 0 Å². The Morgan fingerprint density at radius 1 is 1.00 bits per heavy atom. The molecule has 0 N–H and O–H groups in total. The van der Waals surface area contributed by atoms with Gasteiger partial charge in [0.25, 0.3) is 0 Å². The summed E-state index contributed by atoms with van der Waals surface area (Å²) in [5.41, 5.74) is 0. The van der Waals surface area contributed by atoms with Crippen LogP contribution in [-0.2, 0) is 9.47 Å². The second kappa shape index (κ2) is 2.67. The van der Waals surface area contributed by atoms with Gasteiger partial charge in [-0.05, 0) is 13.8 Å². The fourth-order valence-corrected chi connectivity index (χ4v) is 0.837. The van der Waals surface area contributed by atoms with Crippen molar-refractivity contribution in [2.24, 2.45) is 5.92 Å². The monoisotopic (exact) mass is 129 g/mol. The van der Waals surface area contributed by atoms with Crippen LogP contribution >= 0.6 is 0 Å². The maximum atomic E-state index is 5.11. The summed E-state index contributed by atoms with van der Waals surface area (Å²) in [7, 11) is 0. The van der Waals surface area contributed by atoms with Gasteiger partial charge in [0.1, 0.15) is 0 Å². The molecule has 1 heterocycles. The van der Waals surface area contributed by atoms with Crippen molar-refractivity contribution in [1.82, 2.24) is 0 Å². The number of ether oxygens (including phenoxy) is 2. The van der Waals surface area contributed by atoms with E-state index in [9.17, 15) is 0 Å². The van der Waals surface area contributed by atoms with E-state index in [-0.39, 0.29) is 0 Å². The fraction of sp³-hybridized carbons (Fsp3) is 0.857. The van der Waals surface area contributed by atoms with Crippen LogP contribution < -0.4 is 0 Å². The molecule has 9 heavy (non-hydrogen) atoms. The van der Waals surface area contributed by atoms with E-state index in [2.05, 4.69) is 20.8 Å². The predicted molar refractivity (Wildman–Crippen MR) is 34.6 cm³/mol. The Balaban J connectivity index is 2.41. The van der Waals surface area contributed by atoms with Gasteiger partial charge in [-0.2, -0.15) is 0 Å². The first kappa shape index (κ1) is 7.03. The summed E-state index contributed by atoms with van der Waals surface area (Å²) in [5.74, 6) is 0.495. The second-order valence-corrected chi connectivity index (χ2v) is 2.64. The van der Waals surface area contributed by atoms with E-state index in [1.807, 2.05) is 0 Å². The molecule has 0 aromatic carbocycles. The lowest BCUT2D eigenvalue weighted by atomic mass is 10.00. The largest absolute Gasteiger partial charge is 0.345 e. The molecule has 1 aliphatic heterocycles. The third kappa shape index (κ3) is 1.43. The van der Waals surface area contributed by atoms with Crippen LogP contribution in [0.25, 0.3) is 0 Å². The lowest BCUT2D eigenvalue weighted by molar-refractivity contribution is -0.138. The Hall–Kier alpha value is -0.0800. The van der Waals surface area contributed by atoms with Crippen LogP contribution in [0.15, 0.2) is 0 Å². The first-order valence-corrected chi connectivity index (χ1v) is 3.34. The molecule has 2 nitrogen and oxygen atoms in total. The Morgan fingerprint density at radius 2 is 1.44 bits per heavy atom. The zero-order chi connectivity index (χ0) is 6.85. The van der Waals surface area contributed by atoms with Crippen molar-refractivity contribution < 1.29 is 9.47 Å². The normalized spacial score (nSPS) is 45.0. The molecule has 0 saturated carbocycles. The van der Waals surface area contributed by atoms with E-state index in [0.29, 0.717) is 18.1 Å². The quantitative estimate of drug-likeness (QED) is 0.494. The van der Waals surface area contributed by atoms with Gasteiger partial charge in [0, 0.05) is 5.92 Å². The summed E-state index contributed by atoms with van der Waals surface area (Å²) >= 11 is 0. The van der Waals surface area contributed by atoms with E-state index in [1.165, 1.54) is 6.79 Å². The molecular weight excluding hydrogens is 116 g/mol. The van der Waals surface area contributed by atoms with Gasteiger partial charge < -0.3 is 9.47 Å². The highest BCUT2D eigenvalue weighted by atomic mass is 16.7. The van der Waals surface area contributed by atoms with Crippen molar-refractivity contribution in [3.8, 4) is 0 Å². The Morgan fingerprint density at radius 3 is 1.78 bits per heavy atom. The van der Waals surface area contributed by atoms with E-state index >= 15 is 0 Å². The Labute approximate surface area is 56.2 Å². The van der Waals surface area contributed by atoms with Crippen molar-refractivity contribution in [1.29, 1.82) is 0 Å². The minimum atomic E-state index is 0.300. The van der Waals surface area contributed by atoms with Gasteiger partial charge in [0.05, 0.1) is 12.2 Å². The standard InChI is InChI=1S/C7H13O2/c1-5-6(2)8-4-9-7(5)3/h4-7H,1-3H3. The highest BCUT2D eigenvalue weighted by molar-refractivity contribution is 4.72. The van der Waals surface area contributed by atoms with Crippen LogP contribution in [0.1, 0.15) is 20.8 Å². The van der Waals surface area contributed by atoms with Crippen LogP contribution in [-0.4, -0.2) is 12.2 Å². The minimum Gasteiger partial charge on any atom is -0.345 e. The molecule has 1 aliphatic rings. The lowest BCUT2D eigenvalue weighted by Gasteiger charge is -2.30. The van der Waals surface area contributed by atoms with E-state index in [4.69, 9.17) is 9.47 Å². The van der Waals surface area contributed by atoms with Crippen LogP contribution in [0.3, 0.4) is 0 Å². The Kier molecular flexibility index (Phi) is 2.09. The lowest BCUT2D eigenvalue weighted by Crippen LogP contribution is -2.34. The average molecular weight is 129 g/mol. The third-order valence-corrected chi connectivity index (χ3v) is 2.02. The second-order valence-electron chi connectivity index (χ2n) is 2.64. The van der Waals surface area contributed by atoms with Crippen molar-refractivity contribution in [2.45, 2.75) is 33.0 Å². The van der Waals surface area contributed by atoms with Gasteiger partial charge in [-0.15, -0.1) is 0 Å². The molecule has 1 fully saturated rings. The van der Waals surface area contributed by atoms with Gasteiger partial charge in [-0.1, -0.05) is 6.92 Å². The molecule has 0 aliphatic carbocycles. The minimum absolute atomic E-state index is 0.300. The molecule has 0 aromatic rings. The van der Waals surface area contributed by atoms with Gasteiger partial charge in [0.2, 0.25) is 6.79 Å². The third-order valence-electron chi connectivity index (χ3n) is 2.02. The van der Waals surface area contributed by atoms with E-state index in [0.717, 1.165) is 0 Å². The molecule has 0 bridgehead atoms. The molecule has 2 unspecified atom stereocenters. The smallest absolute Gasteiger partial charge is 0.209 e. The SMILES string of the molecule is CC1O[CH]OC(C)C1C. The molecule has 2 heteroatoms. The van der Waals surface area contributed by atoms with E-state index < -0.39 is 0 Å². The summed E-state index contributed by atoms with van der Waals surface area (Å²) in [6.07, 6.45) is 0.600.